The van der Waals surface area contributed by atoms with Gasteiger partial charge in [0.05, 0.1) is 30.3 Å². The molecule has 4 aliphatic carbocycles. The van der Waals surface area contributed by atoms with Crippen LogP contribution in [0.25, 0.3) is 0 Å². The van der Waals surface area contributed by atoms with Gasteiger partial charge >= 0.3 is 11.9 Å². The lowest BCUT2D eigenvalue weighted by Gasteiger charge is -2.68. The molecule has 5 aliphatic rings. The summed E-state index contributed by atoms with van der Waals surface area (Å²) >= 11 is 0. The van der Waals surface area contributed by atoms with Crippen molar-refractivity contribution in [2.24, 2.45) is 39.9 Å². The van der Waals surface area contributed by atoms with Gasteiger partial charge in [0.2, 0.25) is 0 Å². The average Bonchev–Trinajstić information content (AvgIpc) is 3.50. The fraction of sp³-hybridized carbons (Fsp3) is 0.600. The van der Waals surface area contributed by atoms with Gasteiger partial charge in [-0.1, -0.05) is 56.7 Å². The second-order valence-corrected chi connectivity index (χ2v) is 14.3. The highest BCUT2D eigenvalue weighted by Gasteiger charge is 2.77. The summed E-state index contributed by atoms with van der Waals surface area (Å²) in [5, 5.41) is 11.9. The maximum absolute atomic E-state index is 13.4. The molecular formula is C35H44NO5+. The van der Waals surface area contributed by atoms with Crippen LogP contribution < -0.4 is 4.90 Å². The SMILES string of the molecule is C[C@H]1[C@H]2C[C@@H]3[C@@]45CCC[C@@](C)(C[NH+](CCOC(=O)c6ccccc6)C4)[C@H]5C[C@H](OC(=O)c4ccccc4)[C@]3(C2)[C@@H]1O. The zero-order valence-electron chi connectivity index (χ0n) is 24.4. The van der Waals surface area contributed by atoms with Crippen molar-refractivity contribution in [2.45, 2.75) is 64.6 Å². The van der Waals surface area contributed by atoms with Gasteiger partial charge < -0.3 is 19.5 Å². The average molecular weight is 559 g/mol. The predicted octanol–water partition coefficient (Wildman–Crippen LogP) is 4.19. The third-order valence-electron chi connectivity index (χ3n) is 12.5. The topological polar surface area (TPSA) is 77.3 Å². The molecule has 1 spiro atoms. The highest BCUT2D eigenvalue weighted by Crippen LogP contribution is 2.75. The van der Waals surface area contributed by atoms with E-state index in [2.05, 4.69) is 13.8 Å². The van der Waals surface area contributed by atoms with Crippen molar-refractivity contribution in [3.8, 4) is 0 Å². The summed E-state index contributed by atoms with van der Waals surface area (Å²) in [6.45, 7) is 7.97. The van der Waals surface area contributed by atoms with Crippen molar-refractivity contribution >= 4 is 11.9 Å². The zero-order valence-corrected chi connectivity index (χ0v) is 24.4. The van der Waals surface area contributed by atoms with E-state index >= 15 is 0 Å². The molecule has 41 heavy (non-hydrogen) atoms. The number of quaternary nitrogens is 1. The van der Waals surface area contributed by atoms with E-state index in [1.807, 2.05) is 48.5 Å². The molecule has 6 nitrogen and oxygen atoms in total. The molecule has 7 rings (SSSR count). The zero-order chi connectivity index (χ0) is 28.4. The first-order chi connectivity index (χ1) is 19.8. The van der Waals surface area contributed by atoms with Gasteiger partial charge in [0.1, 0.15) is 19.3 Å². The number of ether oxygens (including phenoxy) is 2. The largest absolute Gasteiger partial charge is 0.458 e. The summed E-state index contributed by atoms with van der Waals surface area (Å²) < 4.78 is 12.2. The minimum absolute atomic E-state index is 0.121. The molecule has 4 saturated carbocycles. The molecule has 1 unspecified atom stereocenters. The predicted molar refractivity (Wildman–Crippen MR) is 154 cm³/mol. The molecule has 0 amide bonds. The number of hydrogen-bond acceptors (Lipinski definition) is 5. The quantitative estimate of drug-likeness (QED) is 0.520. The fourth-order valence-corrected chi connectivity index (χ4v) is 10.9. The number of esters is 2. The molecule has 6 heteroatoms. The van der Waals surface area contributed by atoms with Gasteiger partial charge in [-0.05, 0) is 80.0 Å². The highest BCUT2D eigenvalue weighted by atomic mass is 16.5. The smallest absolute Gasteiger partial charge is 0.338 e. The first-order valence-electron chi connectivity index (χ1n) is 15.8. The van der Waals surface area contributed by atoms with Crippen LogP contribution in [0.5, 0.6) is 0 Å². The minimum Gasteiger partial charge on any atom is -0.458 e. The number of piperidine rings is 1. The molecule has 2 aromatic rings. The maximum Gasteiger partial charge on any atom is 0.338 e. The molecule has 0 aromatic heterocycles. The van der Waals surface area contributed by atoms with Gasteiger partial charge in [-0.3, -0.25) is 0 Å². The van der Waals surface area contributed by atoms with Gasteiger partial charge in [-0.2, -0.15) is 0 Å². The van der Waals surface area contributed by atoms with E-state index < -0.39 is 6.10 Å². The number of likely N-dealkylation sites (tertiary alicyclic amines) is 1. The van der Waals surface area contributed by atoms with Crippen molar-refractivity contribution in [2.75, 3.05) is 26.2 Å². The number of benzene rings is 2. The van der Waals surface area contributed by atoms with Crippen molar-refractivity contribution in [3.63, 3.8) is 0 Å². The number of aliphatic hydroxyl groups excluding tert-OH is 1. The first kappa shape index (κ1) is 27.2. The van der Waals surface area contributed by atoms with Crippen LogP contribution in [0.4, 0.5) is 0 Å². The second-order valence-electron chi connectivity index (χ2n) is 14.3. The number of aliphatic hydroxyl groups is 1. The van der Waals surface area contributed by atoms with Crippen molar-refractivity contribution in [1.82, 2.24) is 0 Å². The van der Waals surface area contributed by atoms with Crippen LogP contribution in [0.1, 0.15) is 73.1 Å². The van der Waals surface area contributed by atoms with Gasteiger partial charge in [0, 0.05) is 16.2 Å². The van der Waals surface area contributed by atoms with Crippen molar-refractivity contribution < 1.29 is 29.1 Å². The number of hydrogen-bond donors (Lipinski definition) is 2. The standard InChI is InChI=1S/C35H43NO5/c1-23-26-18-28-34-15-9-14-33(2,21-36(22-34)16-17-40-31(38)24-10-5-3-6-11-24)27(34)19-29(35(28,20-26)30(23)37)41-32(39)25-12-7-4-8-13-25/h3-8,10-13,23,26-30,37H,9,14-22H2,1-2H3/p+1/t23-,26-,27+,28+,29-,30+,33-,34-,35+/m0/s1. The third kappa shape index (κ3) is 4.11. The van der Waals surface area contributed by atoms with Gasteiger partial charge in [0.25, 0.3) is 0 Å². The molecule has 1 heterocycles. The van der Waals surface area contributed by atoms with Crippen LogP contribution in [0.2, 0.25) is 0 Å². The lowest BCUT2D eigenvalue weighted by Crippen LogP contribution is -3.17. The summed E-state index contributed by atoms with van der Waals surface area (Å²) in [5.74, 6) is 1.01. The Morgan fingerprint density at radius 3 is 2.29 bits per heavy atom. The number of rotatable bonds is 6. The van der Waals surface area contributed by atoms with Crippen LogP contribution in [0.3, 0.4) is 0 Å². The Morgan fingerprint density at radius 2 is 1.61 bits per heavy atom. The molecular weight excluding hydrogens is 514 g/mol. The number of carbonyl (C=O) groups is 2. The highest BCUT2D eigenvalue weighted by molar-refractivity contribution is 5.89. The number of nitrogens with one attached hydrogen (secondary N) is 1. The molecule has 10 atom stereocenters. The fourth-order valence-electron chi connectivity index (χ4n) is 10.9. The molecule has 0 radical (unpaired) electrons. The van der Waals surface area contributed by atoms with Crippen LogP contribution in [-0.2, 0) is 9.47 Å². The monoisotopic (exact) mass is 558 g/mol. The number of carbonyl (C=O) groups excluding carboxylic acids is 2. The molecule has 5 fully saturated rings. The molecule has 2 aromatic carbocycles. The lowest BCUT2D eigenvalue weighted by molar-refractivity contribution is -0.926. The molecule has 218 valence electrons. The van der Waals surface area contributed by atoms with E-state index in [9.17, 15) is 14.7 Å². The Morgan fingerprint density at radius 1 is 0.927 bits per heavy atom. The minimum atomic E-state index is -0.444. The van der Waals surface area contributed by atoms with Gasteiger partial charge in [0.15, 0.2) is 0 Å². The lowest BCUT2D eigenvalue weighted by atomic mass is 9.39. The summed E-state index contributed by atoms with van der Waals surface area (Å²) in [7, 11) is 0. The van der Waals surface area contributed by atoms with E-state index in [1.54, 1.807) is 12.1 Å². The van der Waals surface area contributed by atoms with Crippen molar-refractivity contribution in [3.05, 3.63) is 71.8 Å². The molecule has 1 aliphatic heterocycles. The Bertz CT molecular complexity index is 1300. The first-order valence-corrected chi connectivity index (χ1v) is 15.8. The Kier molecular flexibility index (Phi) is 6.59. The van der Waals surface area contributed by atoms with E-state index in [0.29, 0.717) is 35.5 Å². The summed E-state index contributed by atoms with van der Waals surface area (Å²) in [4.78, 5) is 27.5. The summed E-state index contributed by atoms with van der Waals surface area (Å²) in [6, 6.07) is 18.6. The van der Waals surface area contributed by atoms with Crippen LogP contribution in [0.15, 0.2) is 60.7 Å². The molecule has 1 saturated heterocycles. The number of fused-ring (bicyclic) bond motifs is 1. The third-order valence-corrected chi connectivity index (χ3v) is 12.5. The Balaban J connectivity index is 1.16. The van der Waals surface area contributed by atoms with E-state index in [1.165, 1.54) is 24.2 Å². The van der Waals surface area contributed by atoms with E-state index in [-0.39, 0.29) is 40.2 Å². The molecule has 4 bridgehead atoms. The van der Waals surface area contributed by atoms with Crippen molar-refractivity contribution in [1.29, 1.82) is 0 Å². The van der Waals surface area contributed by atoms with Crippen LogP contribution in [0, 0.1) is 39.9 Å². The summed E-state index contributed by atoms with van der Waals surface area (Å²) in [5.41, 5.74) is 1.07. The Hall–Kier alpha value is -2.70. The summed E-state index contributed by atoms with van der Waals surface area (Å²) in [6.07, 6.45) is 5.81. The maximum atomic E-state index is 13.4. The normalized spacial score (nSPS) is 42.2. The van der Waals surface area contributed by atoms with Crippen LogP contribution in [-0.4, -0.2) is 55.5 Å². The van der Waals surface area contributed by atoms with Gasteiger partial charge in [-0.25, -0.2) is 9.59 Å². The second kappa shape index (κ2) is 9.95. The van der Waals surface area contributed by atoms with Crippen LogP contribution >= 0.6 is 0 Å². The Labute approximate surface area is 243 Å². The van der Waals surface area contributed by atoms with Gasteiger partial charge in [-0.15, -0.1) is 0 Å². The molecule has 2 N–H and O–H groups in total. The van der Waals surface area contributed by atoms with E-state index in [4.69, 9.17) is 9.47 Å². The van der Waals surface area contributed by atoms with E-state index in [0.717, 1.165) is 38.9 Å².